The van der Waals surface area contributed by atoms with Gasteiger partial charge >= 0.3 is 5.97 Å². The zero-order chi connectivity index (χ0) is 18.4. The molecule has 0 bridgehead atoms. The van der Waals surface area contributed by atoms with Crippen molar-refractivity contribution < 1.29 is 9.53 Å². The van der Waals surface area contributed by atoms with E-state index in [2.05, 4.69) is 26.8 Å². The van der Waals surface area contributed by atoms with E-state index in [0.29, 0.717) is 10.7 Å². The molecule has 0 unspecified atom stereocenters. The van der Waals surface area contributed by atoms with Crippen LogP contribution in [-0.2, 0) is 4.74 Å². The molecule has 2 heterocycles. The van der Waals surface area contributed by atoms with E-state index >= 15 is 0 Å². The first-order valence-electron chi connectivity index (χ1n) is 8.60. The Kier molecular flexibility index (Phi) is 6.14. The van der Waals surface area contributed by atoms with Gasteiger partial charge in [-0.1, -0.05) is 12.5 Å². The number of ether oxygens (including phenoxy) is 1. The maximum Gasteiger partial charge on any atom is 0.337 e. The molecule has 0 radical (unpaired) electrons. The van der Waals surface area contributed by atoms with Crippen LogP contribution in [0, 0.1) is 0 Å². The van der Waals surface area contributed by atoms with E-state index in [1.165, 1.54) is 19.1 Å². The highest BCUT2D eigenvalue weighted by molar-refractivity contribution is 7.80. The molecule has 0 aliphatic carbocycles. The fourth-order valence-electron chi connectivity index (χ4n) is 3.08. The number of piperidine rings is 1. The summed E-state index contributed by atoms with van der Waals surface area (Å²) in [6.07, 6.45) is 7.07. The largest absolute Gasteiger partial charge is 0.465 e. The van der Waals surface area contributed by atoms with Gasteiger partial charge in [0, 0.05) is 24.6 Å². The van der Waals surface area contributed by atoms with Crippen molar-refractivity contribution in [3.63, 3.8) is 0 Å². The highest BCUT2D eigenvalue weighted by Crippen LogP contribution is 2.28. The van der Waals surface area contributed by atoms with Crippen LogP contribution in [0.25, 0.3) is 0 Å². The summed E-state index contributed by atoms with van der Waals surface area (Å²) in [6, 6.07) is 11.3. The number of carbonyl (C=O) groups excluding carboxylic acids is 1. The van der Waals surface area contributed by atoms with Crippen molar-refractivity contribution in [1.29, 1.82) is 0 Å². The molecular weight excluding hydrogens is 348 g/mol. The Morgan fingerprint density at radius 2 is 2.08 bits per heavy atom. The summed E-state index contributed by atoms with van der Waals surface area (Å²) in [4.78, 5) is 15.7. The molecule has 1 aromatic heterocycles. The number of nitrogens with zero attached hydrogens (tertiary/aromatic N) is 2. The lowest BCUT2D eigenvalue weighted by atomic mass is 9.98. The Hall–Kier alpha value is -2.51. The number of methoxy groups -OCH3 is 1. The van der Waals surface area contributed by atoms with Gasteiger partial charge in [-0.3, -0.25) is 10.4 Å². The number of nitrogens with one attached hydrogen (secondary N) is 2. The first-order chi connectivity index (χ1) is 12.7. The average molecular weight is 370 g/mol. The molecule has 26 heavy (non-hydrogen) atoms. The van der Waals surface area contributed by atoms with Crippen LogP contribution >= 0.6 is 12.2 Å². The third-order valence-corrected chi connectivity index (χ3v) is 4.57. The highest BCUT2D eigenvalue weighted by atomic mass is 32.1. The van der Waals surface area contributed by atoms with E-state index in [0.717, 1.165) is 25.1 Å². The van der Waals surface area contributed by atoms with Crippen molar-refractivity contribution in [2.45, 2.75) is 25.3 Å². The van der Waals surface area contributed by atoms with Gasteiger partial charge in [0.2, 0.25) is 0 Å². The molecule has 1 aromatic carbocycles. The topological polar surface area (TPSA) is 66.5 Å². The quantitative estimate of drug-likeness (QED) is 0.632. The van der Waals surface area contributed by atoms with Crippen molar-refractivity contribution in [1.82, 2.24) is 15.4 Å². The van der Waals surface area contributed by atoms with Gasteiger partial charge in [0.25, 0.3) is 0 Å². The maximum absolute atomic E-state index is 11.5. The summed E-state index contributed by atoms with van der Waals surface area (Å²) in [5, 5.41) is 5.84. The molecule has 7 heteroatoms. The van der Waals surface area contributed by atoms with E-state index < -0.39 is 0 Å². The number of aromatic nitrogens is 1. The molecule has 1 saturated heterocycles. The van der Waals surface area contributed by atoms with Crippen LogP contribution in [-0.4, -0.2) is 34.7 Å². The molecule has 0 spiro atoms. The number of pyridine rings is 1. The van der Waals surface area contributed by atoms with Gasteiger partial charge in [-0.15, -0.1) is 0 Å². The Morgan fingerprint density at radius 3 is 2.77 bits per heavy atom. The van der Waals surface area contributed by atoms with Crippen molar-refractivity contribution in [2.75, 3.05) is 19.0 Å². The lowest BCUT2D eigenvalue weighted by Crippen LogP contribution is -2.48. The smallest absolute Gasteiger partial charge is 0.337 e. The Bertz CT molecular complexity index is 752. The van der Waals surface area contributed by atoms with Gasteiger partial charge in [0.05, 0.1) is 18.7 Å². The maximum atomic E-state index is 11.5. The Balaban J connectivity index is 1.62. The molecule has 2 aromatic rings. The summed E-state index contributed by atoms with van der Waals surface area (Å²) >= 11 is 5.46. The number of hydrogen-bond acceptors (Lipinski definition) is 5. The normalized spacial score (nSPS) is 17.3. The first-order valence-corrected chi connectivity index (χ1v) is 9.01. The fourth-order valence-corrected chi connectivity index (χ4v) is 3.32. The van der Waals surface area contributed by atoms with E-state index in [9.17, 15) is 4.79 Å². The molecule has 6 nitrogen and oxygen atoms in total. The van der Waals surface area contributed by atoms with E-state index in [1.807, 2.05) is 12.3 Å². The van der Waals surface area contributed by atoms with Gasteiger partial charge < -0.3 is 10.1 Å². The van der Waals surface area contributed by atoms with Crippen LogP contribution in [0.5, 0.6) is 0 Å². The van der Waals surface area contributed by atoms with Gasteiger partial charge in [0.1, 0.15) is 0 Å². The SMILES string of the molecule is COC(=O)c1ccc(NC(=S)NN2CCCC[C@H]2c2cccnc2)cc1. The van der Waals surface area contributed by atoms with E-state index in [4.69, 9.17) is 17.0 Å². The second kappa shape index (κ2) is 8.73. The molecule has 3 rings (SSSR count). The summed E-state index contributed by atoms with van der Waals surface area (Å²) in [5.41, 5.74) is 5.80. The van der Waals surface area contributed by atoms with Crippen LogP contribution in [0.3, 0.4) is 0 Å². The molecule has 1 atom stereocenters. The molecule has 136 valence electrons. The second-order valence-electron chi connectivity index (χ2n) is 6.13. The minimum Gasteiger partial charge on any atom is -0.465 e. The molecule has 2 N–H and O–H groups in total. The van der Waals surface area contributed by atoms with Crippen LogP contribution in [0.1, 0.15) is 41.2 Å². The van der Waals surface area contributed by atoms with E-state index in [-0.39, 0.29) is 12.0 Å². The van der Waals surface area contributed by atoms with E-state index in [1.54, 1.807) is 30.5 Å². The number of hydrogen-bond donors (Lipinski definition) is 2. The number of rotatable bonds is 4. The standard InChI is InChI=1S/C19H22N4O2S/c1-25-18(24)14-7-9-16(10-8-14)21-19(26)22-23-12-3-2-6-17(23)15-5-4-11-20-13-15/h4-5,7-11,13,17H,2-3,6,12H2,1H3,(H2,21,22,26)/t17-/m0/s1. The molecule has 1 fully saturated rings. The van der Waals surface area contributed by atoms with Gasteiger partial charge in [-0.25, -0.2) is 9.80 Å². The van der Waals surface area contributed by atoms with Crippen molar-refractivity contribution in [3.05, 3.63) is 59.9 Å². The lowest BCUT2D eigenvalue weighted by Gasteiger charge is -2.36. The average Bonchev–Trinajstić information content (AvgIpc) is 2.69. The summed E-state index contributed by atoms with van der Waals surface area (Å²) < 4.78 is 4.70. The van der Waals surface area contributed by atoms with Crippen LogP contribution in [0.15, 0.2) is 48.8 Å². The summed E-state index contributed by atoms with van der Waals surface area (Å²) in [7, 11) is 1.37. The Labute approximate surface area is 158 Å². The highest BCUT2D eigenvalue weighted by Gasteiger charge is 2.24. The van der Waals surface area contributed by atoms with Gasteiger partial charge in [-0.05, 0) is 61.0 Å². The monoisotopic (exact) mass is 370 g/mol. The number of carbonyl (C=O) groups is 1. The zero-order valence-corrected chi connectivity index (χ0v) is 15.5. The van der Waals surface area contributed by atoms with Crippen molar-refractivity contribution >= 4 is 29.0 Å². The first kappa shape index (κ1) is 18.3. The van der Waals surface area contributed by atoms with Crippen LogP contribution in [0.2, 0.25) is 0 Å². The molecule has 1 aliphatic heterocycles. The second-order valence-corrected chi connectivity index (χ2v) is 6.53. The third kappa shape index (κ3) is 4.56. The van der Waals surface area contributed by atoms with Crippen molar-refractivity contribution in [3.8, 4) is 0 Å². The predicted octanol–water partition coefficient (Wildman–Crippen LogP) is 3.30. The minimum absolute atomic E-state index is 0.249. The van der Waals surface area contributed by atoms with Crippen LogP contribution in [0.4, 0.5) is 5.69 Å². The minimum atomic E-state index is -0.357. The predicted molar refractivity (Wildman–Crippen MR) is 105 cm³/mol. The fraction of sp³-hybridized carbons (Fsp3) is 0.316. The number of benzene rings is 1. The molecule has 1 aliphatic rings. The number of anilines is 1. The van der Waals surface area contributed by atoms with Gasteiger partial charge in [0.15, 0.2) is 5.11 Å². The summed E-state index contributed by atoms with van der Waals surface area (Å²) in [5.74, 6) is -0.357. The molecule has 0 amide bonds. The zero-order valence-electron chi connectivity index (χ0n) is 14.6. The van der Waals surface area contributed by atoms with Gasteiger partial charge in [-0.2, -0.15) is 0 Å². The number of thiocarbonyl (C=S) groups is 1. The van der Waals surface area contributed by atoms with Crippen LogP contribution < -0.4 is 10.7 Å². The van der Waals surface area contributed by atoms with Crippen molar-refractivity contribution in [2.24, 2.45) is 0 Å². The number of hydrazine groups is 1. The summed E-state index contributed by atoms with van der Waals surface area (Å²) in [6.45, 7) is 0.919. The molecular formula is C19H22N4O2S. The molecule has 0 saturated carbocycles. The number of esters is 1. The Morgan fingerprint density at radius 1 is 1.27 bits per heavy atom. The third-order valence-electron chi connectivity index (χ3n) is 4.38. The lowest BCUT2D eigenvalue weighted by molar-refractivity contribution is 0.0601.